The van der Waals surface area contributed by atoms with E-state index in [1.54, 1.807) is 13.2 Å². The lowest BCUT2D eigenvalue weighted by atomic mass is 10.2. The summed E-state index contributed by atoms with van der Waals surface area (Å²) in [5, 5.41) is 12.7. The van der Waals surface area contributed by atoms with Crippen molar-refractivity contribution in [2.24, 2.45) is 0 Å². The van der Waals surface area contributed by atoms with E-state index in [1.807, 2.05) is 54.9 Å². The number of halogens is 2. The summed E-state index contributed by atoms with van der Waals surface area (Å²) < 4.78 is 7.12. The van der Waals surface area contributed by atoms with Gasteiger partial charge in [-0.1, -0.05) is 35.3 Å². The highest BCUT2D eigenvalue weighted by molar-refractivity contribution is 7.80. The van der Waals surface area contributed by atoms with Crippen molar-refractivity contribution in [2.45, 2.75) is 20.4 Å². The minimum atomic E-state index is 0.475. The maximum absolute atomic E-state index is 6.30. The number of methoxy groups -OCH3 is 1. The van der Waals surface area contributed by atoms with Crippen LogP contribution in [0.3, 0.4) is 0 Å². The Hall–Kier alpha value is -2.28. The molecule has 146 valence electrons. The second-order valence-electron chi connectivity index (χ2n) is 6.25. The van der Waals surface area contributed by atoms with Crippen LogP contribution in [0.4, 0.5) is 11.4 Å². The Morgan fingerprint density at radius 2 is 1.93 bits per heavy atom. The molecule has 5 nitrogen and oxygen atoms in total. The van der Waals surface area contributed by atoms with Crippen molar-refractivity contribution in [3.05, 3.63) is 69.5 Å². The van der Waals surface area contributed by atoms with Crippen molar-refractivity contribution < 1.29 is 4.74 Å². The third-order valence-electron chi connectivity index (χ3n) is 4.28. The Balaban J connectivity index is 1.75. The van der Waals surface area contributed by atoms with Crippen LogP contribution in [0.15, 0.2) is 42.5 Å². The van der Waals surface area contributed by atoms with Gasteiger partial charge < -0.3 is 15.4 Å². The summed E-state index contributed by atoms with van der Waals surface area (Å²) >= 11 is 17.7. The van der Waals surface area contributed by atoms with Gasteiger partial charge in [0.2, 0.25) is 0 Å². The predicted octanol–water partition coefficient (Wildman–Crippen LogP) is 5.67. The number of aryl methyl sites for hydroxylation is 1. The molecule has 0 saturated carbocycles. The molecule has 0 aliphatic rings. The highest BCUT2D eigenvalue weighted by atomic mass is 35.5. The second-order valence-corrected chi connectivity index (χ2v) is 7.50. The standard InChI is InChI=1S/C20H20Cl2N4OS/c1-12-19(24-20(28)23-16-5-4-6-17(10-16)27-3)13(2)26(25-12)11-14-7-8-15(21)9-18(14)22/h4-10H,11H2,1-3H3,(H2,23,24,28). The van der Waals surface area contributed by atoms with E-state index < -0.39 is 0 Å². The Morgan fingerprint density at radius 3 is 2.64 bits per heavy atom. The van der Waals surface area contributed by atoms with E-state index in [0.717, 1.165) is 34.1 Å². The number of aromatic nitrogens is 2. The average Bonchev–Trinajstić information content (AvgIpc) is 2.91. The van der Waals surface area contributed by atoms with E-state index >= 15 is 0 Å². The van der Waals surface area contributed by atoms with Crippen LogP contribution in [0.1, 0.15) is 17.0 Å². The van der Waals surface area contributed by atoms with Crippen LogP contribution in [0, 0.1) is 13.8 Å². The van der Waals surface area contributed by atoms with Crippen LogP contribution in [0.5, 0.6) is 5.75 Å². The average molecular weight is 435 g/mol. The lowest BCUT2D eigenvalue weighted by Crippen LogP contribution is -2.20. The molecule has 3 rings (SSSR count). The molecular weight excluding hydrogens is 415 g/mol. The zero-order valence-corrected chi connectivity index (χ0v) is 18.0. The molecule has 0 amide bonds. The Labute approximate surface area is 179 Å². The maximum atomic E-state index is 6.30. The van der Waals surface area contributed by atoms with Crippen molar-refractivity contribution in [2.75, 3.05) is 17.7 Å². The number of ether oxygens (including phenoxy) is 1. The van der Waals surface area contributed by atoms with Gasteiger partial charge in [0.05, 0.1) is 30.7 Å². The molecule has 1 heterocycles. The summed E-state index contributed by atoms with van der Waals surface area (Å²) in [5.74, 6) is 0.757. The largest absolute Gasteiger partial charge is 0.497 e. The number of nitrogens with one attached hydrogen (secondary N) is 2. The Morgan fingerprint density at radius 1 is 1.14 bits per heavy atom. The molecule has 2 N–H and O–H groups in total. The second kappa shape index (κ2) is 8.82. The molecule has 0 fully saturated rings. The third-order valence-corrected chi connectivity index (χ3v) is 5.07. The topological polar surface area (TPSA) is 51.1 Å². The van der Waals surface area contributed by atoms with Crippen molar-refractivity contribution in [3.8, 4) is 5.75 Å². The molecule has 0 aliphatic carbocycles. The first-order valence-electron chi connectivity index (χ1n) is 8.57. The molecule has 0 unspecified atom stereocenters. The lowest BCUT2D eigenvalue weighted by Gasteiger charge is -2.12. The van der Waals surface area contributed by atoms with Crippen molar-refractivity contribution in [1.29, 1.82) is 0 Å². The number of nitrogens with zero attached hydrogens (tertiary/aromatic N) is 2. The molecule has 0 aliphatic heterocycles. The molecule has 1 aromatic heterocycles. The van der Waals surface area contributed by atoms with E-state index in [9.17, 15) is 0 Å². The van der Waals surface area contributed by atoms with Gasteiger partial charge in [0.1, 0.15) is 5.75 Å². The zero-order valence-electron chi connectivity index (χ0n) is 15.7. The maximum Gasteiger partial charge on any atom is 0.175 e. The highest BCUT2D eigenvalue weighted by Gasteiger charge is 2.14. The molecule has 0 spiro atoms. The van der Waals surface area contributed by atoms with Gasteiger partial charge >= 0.3 is 0 Å². The summed E-state index contributed by atoms with van der Waals surface area (Å²) in [6.07, 6.45) is 0. The number of thiocarbonyl (C=S) groups is 1. The summed E-state index contributed by atoms with van der Waals surface area (Å²) in [6.45, 7) is 4.46. The fraction of sp³-hybridized carbons (Fsp3) is 0.200. The predicted molar refractivity (Wildman–Crippen MR) is 120 cm³/mol. The van der Waals surface area contributed by atoms with Gasteiger partial charge in [-0.25, -0.2) is 0 Å². The van der Waals surface area contributed by atoms with E-state index in [2.05, 4.69) is 15.7 Å². The number of hydrogen-bond acceptors (Lipinski definition) is 3. The van der Waals surface area contributed by atoms with E-state index in [4.69, 9.17) is 40.2 Å². The van der Waals surface area contributed by atoms with Crippen LogP contribution < -0.4 is 15.4 Å². The monoisotopic (exact) mass is 434 g/mol. The fourth-order valence-electron chi connectivity index (χ4n) is 2.82. The summed E-state index contributed by atoms with van der Waals surface area (Å²) in [4.78, 5) is 0. The van der Waals surface area contributed by atoms with Crippen molar-refractivity contribution >= 4 is 51.9 Å². The first-order chi connectivity index (χ1) is 13.4. The van der Waals surface area contributed by atoms with Crippen molar-refractivity contribution in [3.63, 3.8) is 0 Å². The molecule has 0 atom stereocenters. The van der Waals surface area contributed by atoms with Gasteiger partial charge in [0, 0.05) is 21.8 Å². The van der Waals surface area contributed by atoms with Gasteiger partial charge in [-0.2, -0.15) is 5.10 Å². The molecule has 0 saturated heterocycles. The van der Waals surface area contributed by atoms with E-state index in [1.165, 1.54) is 0 Å². The SMILES string of the molecule is COc1cccc(NC(=S)Nc2c(C)nn(Cc3ccc(Cl)cc3Cl)c2C)c1. The molecule has 0 radical (unpaired) electrons. The number of anilines is 2. The van der Waals surface area contributed by atoms with Gasteiger partial charge in [-0.3, -0.25) is 4.68 Å². The molecule has 2 aromatic carbocycles. The summed E-state index contributed by atoms with van der Waals surface area (Å²) in [6, 6.07) is 13.0. The van der Waals surface area contributed by atoms with Gasteiger partial charge in [0.15, 0.2) is 5.11 Å². The lowest BCUT2D eigenvalue weighted by molar-refractivity contribution is 0.415. The summed E-state index contributed by atoms with van der Waals surface area (Å²) in [7, 11) is 1.63. The third kappa shape index (κ3) is 4.76. The minimum absolute atomic E-state index is 0.475. The Bertz CT molecular complexity index is 1020. The normalized spacial score (nSPS) is 10.6. The van der Waals surface area contributed by atoms with Crippen LogP contribution in [-0.2, 0) is 6.54 Å². The molecule has 8 heteroatoms. The summed E-state index contributed by atoms with van der Waals surface area (Å²) in [5.41, 5.74) is 4.45. The smallest absolute Gasteiger partial charge is 0.175 e. The molecule has 0 bridgehead atoms. The van der Waals surface area contributed by atoms with E-state index in [-0.39, 0.29) is 0 Å². The number of hydrogen-bond donors (Lipinski definition) is 2. The van der Waals surface area contributed by atoms with E-state index in [0.29, 0.717) is 21.7 Å². The van der Waals surface area contributed by atoms with Crippen molar-refractivity contribution in [1.82, 2.24) is 9.78 Å². The first kappa shape index (κ1) is 20.5. The van der Waals surface area contributed by atoms with Gasteiger partial charge in [-0.05, 0) is 55.9 Å². The Kier molecular flexibility index (Phi) is 6.44. The van der Waals surface area contributed by atoms with Crippen LogP contribution in [0.25, 0.3) is 0 Å². The van der Waals surface area contributed by atoms with Crippen LogP contribution in [0.2, 0.25) is 10.0 Å². The first-order valence-corrected chi connectivity index (χ1v) is 9.74. The molecular formula is C20H20Cl2N4OS. The highest BCUT2D eigenvalue weighted by Crippen LogP contribution is 2.25. The fourth-order valence-corrected chi connectivity index (χ4v) is 3.51. The van der Waals surface area contributed by atoms with Gasteiger partial charge in [-0.15, -0.1) is 0 Å². The molecule has 28 heavy (non-hydrogen) atoms. The molecule has 3 aromatic rings. The number of rotatable bonds is 5. The zero-order chi connectivity index (χ0) is 20.3. The quantitative estimate of drug-likeness (QED) is 0.506. The van der Waals surface area contributed by atoms with Gasteiger partial charge in [0.25, 0.3) is 0 Å². The number of benzene rings is 2. The van der Waals surface area contributed by atoms with Crippen LogP contribution >= 0.6 is 35.4 Å². The minimum Gasteiger partial charge on any atom is -0.497 e. The van der Waals surface area contributed by atoms with Crippen LogP contribution in [-0.4, -0.2) is 22.0 Å².